The molecular formula is C6H9ClO3. The number of rotatable bonds is 1. The maximum atomic E-state index is 9.34. The standard InChI is InChI=1S/C6H9ClO3/c7-1-3-5(8)6-4(10-3)2-9-6/h3-6,8H,1-2H2. The van der Waals surface area contributed by atoms with Crippen LogP contribution in [0.5, 0.6) is 0 Å². The van der Waals surface area contributed by atoms with Gasteiger partial charge in [-0.25, -0.2) is 0 Å². The van der Waals surface area contributed by atoms with Crippen LogP contribution in [0.25, 0.3) is 0 Å². The SMILES string of the molecule is OC1C(CCl)OC2COC21. The van der Waals surface area contributed by atoms with Crippen molar-refractivity contribution in [3.05, 3.63) is 0 Å². The summed E-state index contributed by atoms with van der Waals surface area (Å²) >= 11 is 5.52. The van der Waals surface area contributed by atoms with E-state index in [2.05, 4.69) is 0 Å². The van der Waals surface area contributed by atoms with Gasteiger partial charge in [0.1, 0.15) is 24.4 Å². The predicted octanol–water partition coefficient (Wildman–Crippen LogP) is -0.248. The number of hydrogen-bond acceptors (Lipinski definition) is 3. The van der Waals surface area contributed by atoms with E-state index in [-0.39, 0.29) is 18.3 Å². The number of aliphatic hydroxyl groups is 1. The van der Waals surface area contributed by atoms with Crippen LogP contribution in [0.3, 0.4) is 0 Å². The normalized spacial score (nSPS) is 52.2. The first-order chi connectivity index (χ1) is 4.83. The van der Waals surface area contributed by atoms with Crippen molar-refractivity contribution >= 4 is 11.6 Å². The molecule has 10 heavy (non-hydrogen) atoms. The number of aliphatic hydroxyl groups excluding tert-OH is 1. The number of hydrogen-bond donors (Lipinski definition) is 1. The van der Waals surface area contributed by atoms with E-state index in [4.69, 9.17) is 21.1 Å². The van der Waals surface area contributed by atoms with Crippen molar-refractivity contribution < 1.29 is 14.6 Å². The highest BCUT2D eigenvalue weighted by Crippen LogP contribution is 2.31. The molecule has 0 aromatic rings. The summed E-state index contributed by atoms with van der Waals surface area (Å²) < 4.78 is 10.4. The van der Waals surface area contributed by atoms with Crippen LogP contribution in [0.4, 0.5) is 0 Å². The molecule has 2 saturated heterocycles. The van der Waals surface area contributed by atoms with E-state index in [0.29, 0.717) is 12.5 Å². The summed E-state index contributed by atoms with van der Waals surface area (Å²) in [7, 11) is 0. The molecule has 0 amide bonds. The second-order valence-electron chi connectivity index (χ2n) is 2.66. The molecule has 2 rings (SSSR count). The lowest BCUT2D eigenvalue weighted by Crippen LogP contribution is -2.47. The molecule has 0 spiro atoms. The van der Waals surface area contributed by atoms with Crippen molar-refractivity contribution in [1.29, 1.82) is 0 Å². The topological polar surface area (TPSA) is 38.7 Å². The first kappa shape index (κ1) is 6.85. The van der Waals surface area contributed by atoms with Gasteiger partial charge in [0.15, 0.2) is 0 Å². The second-order valence-corrected chi connectivity index (χ2v) is 2.96. The monoisotopic (exact) mass is 164 g/mol. The van der Waals surface area contributed by atoms with Gasteiger partial charge in [0.05, 0.1) is 12.5 Å². The summed E-state index contributed by atoms with van der Waals surface area (Å²) in [5, 5.41) is 9.34. The van der Waals surface area contributed by atoms with Crippen LogP contribution in [0.15, 0.2) is 0 Å². The van der Waals surface area contributed by atoms with Gasteiger partial charge >= 0.3 is 0 Å². The summed E-state index contributed by atoms with van der Waals surface area (Å²) in [6, 6.07) is 0. The number of alkyl halides is 1. The summed E-state index contributed by atoms with van der Waals surface area (Å²) in [5.41, 5.74) is 0. The number of fused-ring (bicyclic) bond motifs is 1. The minimum absolute atomic E-state index is 0.0961. The van der Waals surface area contributed by atoms with Gasteiger partial charge in [-0.15, -0.1) is 11.6 Å². The Bertz CT molecular complexity index is 141. The quantitative estimate of drug-likeness (QED) is 0.544. The highest BCUT2D eigenvalue weighted by Gasteiger charge is 2.49. The molecule has 0 aliphatic carbocycles. The average molecular weight is 165 g/mol. The van der Waals surface area contributed by atoms with Crippen LogP contribution in [-0.4, -0.2) is 42.0 Å². The molecule has 2 heterocycles. The van der Waals surface area contributed by atoms with Crippen molar-refractivity contribution in [2.75, 3.05) is 12.5 Å². The fourth-order valence-corrected chi connectivity index (χ4v) is 1.62. The van der Waals surface area contributed by atoms with Crippen LogP contribution in [0.2, 0.25) is 0 Å². The molecule has 2 aliphatic rings. The molecule has 0 radical (unpaired) electrons. The summed E-state index contributed by atoms with van der Waals surface area (Å²) in [6.07, 6.45) is -0.752. The van der Waals surface area contributed by atoms with E-state index >= 15 is 0 Å². The zero-order chi connectivity index (χ0) is 7.14. The molecule has 0 saturated carbocycles. The summed E-state index contributed by atoms with van der Waals surface area (Å²) in [4.78, 5) is 0. The van der Waals surface area contributed by atoms with Crippen LogP contribution in [0.1, 0.15) is 0 Å². The van der Waals surface area contributed by atoms with E-state index < -0.39 is 6.10 Å². The fourth-order valence-electron chi connectivity index (χ4n) is 1.37. The van der Waals surface area contributed by atoms with Crippen molar-refractivity contribution in [2.24, 2.45) is 0 Å². The van der Waals surface area contributed by atoms with Crippen LogP contribution in [0, 0.1) is 0 Å². The van der Waals surface area contributed by atoms with E-state index in [1.165, 1.54) is 0 Å². The Hall–Kier alpha value is 0.170. The van der Waals surface area contributed by atoms with E-state index in [0.717, 1.165) is 0 Å². The molecule has 0 aromatic heterocycles. The second kappa shape index (κ2) is 2.34. The lowest BCUT2D eigenvalue weighted by molar-refractivity contribution is -0.153. The van der Waals surface area contributed by atoms with Crippen molar-refractivity contribution in [3.63, 3.8) is 0 Å². The van der Waals surface area contributed by atoms with Gasteiger partial charge in [0.25, 0.3) is 0 Å². The molecule has 3 nitrogen and oxygen atoms in total. The van der Waals surface area contributed by atoms with Gasteiger partial charge in [-0.3, -0.25) is 0 Å². The van der Waals surface area contributed by atoms with Crippen molar-refractivity contribution in [3.8, 4) is 0 Å². The predicted molar refractivity (Wildman–Crippen MR) is 35.1 cm³/mol. The fraction of sp³-hybridized carbons (Fsp3) is 1.00. The first-order valence-corrected chi connectivity index (χ1v) is 3.87. The van der Waals surface area contributed by atoms with E-state index in [9.17, 15) is 5.11 Å². The minimum Gasteiger partial charge on any atom is -0.388 e. The first-order valence-electron chi connectivity index (χ1n) is 3.34. The lowest BCUT2D eigenvalue weighted by atomic mass is 10.1. The summed E-state index contributed by atoms with van der Waals surface area (Å²) in [6.45, 7) is 0.606. The van der Waals surface area contributed by atoms with Crippen molar-refractivity contribution in [2.45, 2.75) is 24.4 Å². The minimum atomic E-state index is -0.517. The number of halogens is 1. The Labute approximate surface area is 63.9 Å². The Morgan fingerprint density at radius 2 is 2.40 bits per heavy atom. The Morgan fingerprint density at radius 1 is 1.60 bits per heavy atom. The van der Waals surface area contributed by atoms with E-state index in [1.54, 1.807) is 0 Å². The molecule has 0 bridgehead atoms. The molecule has 2 aliphatic heterocycles. The van der Waals surface area contributed by atoms with Gasteiger partial charge in [0, 0.05) is 0 Å². The van der Waals surface area contributed by atoms with Crippen LogP contribution < -0.4 is 0 Å². The largest absolute Gasteiger partial charge is 0.388 e. The van der Waals surface area contributed by atoms with Crippen molar-refractivity contribution in [1.82, 2.24) is 0 Å². The van der Waals surface area contributed by atoms with Gasteiger partial charge in [-0.05, 0) is 0 Å². The van der Waals surface area contributed by atoms with Gasteiger partial charge in [0.2, 0.25) is 0 Å². The third-order valence-electron chi connectivity index (χ3n) is 2.04. The highest BCUT2D eigenvalue weighted by molar-refractivity contribution is 6.18. The maximum Gasteiger partial charge on any atom is 0.114 e. The Balaban J connectivity index is 2.02. The molecule has 4 unspecified atom stereocenters. The van der Waals surface area contributed by atoms with Gasteiger partial charge in [-0.1, -0.05) is 0 Å². The van der Waals surface area contributed by atoms with Gasteiger partial charge < -0.3 is 14.6 Å². The third kappa shape index (κ3) is 0.782. The Kier molecular flexibility index (Phi) is 1.60. The molecule has 0 aromatic carbocycles. The molecule has 4 heteroatoms. The zero-order valence-electron chi connectivity index (χ0n) is 5.37. The molecule has 2 fully saturated rings. The smallest absolute Gasteiger partial charge is 0.114 e. The summed E-state index contributed by atoms with van der Waals surface area (Å²) in [5.74, 6) is 0.345. The van der Waals surface area contributed by atoms with E-state index in [1.807, 2.05) is 0 Å². The van der Waals surface area contributed by atoms with Gasteiger partial charge in [-0.2, -0.15) is 0 Å². The highest BCUT2D eigenvalue weighted by atomic mass is 35.5. The molecular weight excluding hydrogens is 156 g/mol. The average Bonchev–Trinajstić information content (AvgIpc) is 2.05. The maximum absolute atomic E-state index is 9.34. The number of ether oxygens (including phenoxy) is 2. The zero-order valence-corrected chi connectivity index (χ0v) is 6.12. The Morgan fingerprint density at radius 3 is 2.70 bits per heavy atom. The molecule has 1 N–H and O–H groups in total. The molecule has 4 atom stereocenters. The van der Waals surface area contributed by atoms with Crippen LogP contribution >= 0.6 is 11.6 Å². The molecule has 58 valence electrons. The van der Waals surface area contributed by atoms with Crippen LogP contribution in [-0.2, 0) is 9.47 Å². The lowest BCUT2D eigenvalue weighted by Gasteiger charge is -2.30. The third-order valence-corrected chi connectivity index (χ3v) is 2.34.